The van der Waals surface area contributed by atoms with Gasteiger partial charge in [-0.15, -0.1) is 0 Å². The monoisotopic (exact) mass is 396 g/mol. The van der Waals surface area contributed by atoms with Gasteiger partial charge in [-0.1, -0.05) is 57.5 Å². The summed E-state index contributed by atoms with van der Waals surface area (Å²) in [5.41, 5.74) is 2.36. The van der Waals surface area contributed by atoms with Crippen LogP contribution >= 0.6 is 0 Å². The summed E-state index contributed by atoms with van der Waals surface area (Å²) in [4.78, 5) is 13.5. The fraction of sp³-hybridized carbons (Fsp3) is 0.583. The summed E-state index contributed by atoms with van der Waals surface area (Å²) in [6.45, 7) is 12.8. The molecule has 1 aromatic carbocycles. The average Bonchev–Trinajstić information content (AvgIpc) is 3.05. The highest BCUT2D eigenvalue weighted by Gasteiger charge is 2.39. The summed E-state index contributed by atoms with van der Waals surface area (Å²) in [5.74, 6) is 0.820. The van der Waals surface area contributed by atoms with Crippen molar-refractivity contribution in [3.63, 3.8) is 0 Å². The number of aromatic nitrogens is 2. The molecule has 1 amide bonds. The zero-order chi connectivity index (χ0) is 21.2. The highest BCUT2D eigenvalue weighted by Crippen LogP contribution is 2.41. The lowest BCUT2D eigenvalue weighted by molar-refractivity contribution is 0.0884. The van der Waals surface area contributed by atoms with E-state index in [2.05, 4.69) is 69.5 Å². The SMILES string of the molecule is CCCC(CC)(CC)NC(=O)c1c(C)nn2c1N[C@@H](c1ccccc1)CC2(C)C. The lowest BCUT2D eigenvalue weighted by Crippen LogP contribution is -2.48. The summed E-state index contributed by atoms with van der Waals surface area (Å²) < 4.78 is 2.01. The van der Waals surface area contributed by atoms with Gasteiger partial charge in [0.2, 0.25) is 0 Å². The molecule has 5 nitrogen and oxygen atoms in total. The molecule has 158 valence electrons. The molecule has 1 aromatic heterocycles. The Labute approximate surface area is 175 Å². The van der Waals surface area contributed by atoms with Crippen LogP contribution in [0.4, 0.5) is 5.82 Å². The second-order valence-corrected chi connectivity index (χ2v) is 9.04. The molecule has 1 atom stereocenters. The molecule has 0 fully saturated rings. The lowest BCUT2D eigenvalue weighted by atomic mass is 9.87. The van der Waals surface area contributed by atoms with Gasteiger partial charge < -0.3 is 10.6 Å². The zero-order valence-electron chi connectivity index (χ0n) is 18.8. The van der Waals surface area contributed by atoms with Crippen LogP contribution in [0.3, 0.4) is 0 Å². The number of rotatable bonds is 7. The van der Waals surface area contributed by atoms with Gasteiger partial charge >= 0.3 is 0 Å². The molecule has 2 aromatic rings. The molecule has 2 N–H and O–H groups in total. The van der Waals surface area contributed by atoms with E-state index in [0.29, 0.717) is 5.56 Å². The van der Waals surface area contributed by atoms with E-state index in [1.807, 2.05) is 17.7 Å². The largest absolute Gasteiger partial charge is 0.363 e. The van der Waals surface area contributed by atoms with E-state index in [1.165, 1.54) is 5.56 Å². The van der Waals surface area contributed by atoms with Crippen molar-refractivity contribution in [1.82, 2.24) is 15.1 Å². The first-order chi connectivity index (χ1) is 13.8. The molecule has 0 spiro atoms. The minimum Gasteiger partial charge on any atom is -0.363 e. The van der Waals surface area contributed by atoms with Crippen LogP contribution in [0.25, 0.3) is 0 Å². The summed E-state index contributed by atoms with van der Waals surface area (Å²) in [5, 5.41) is 11.8. The average molecular weight is 397 g/mol. The van der Waals surface area contributed by atoms with E-state index in [1.54, 1.807) is 0 Å². The topological polar surface area (TPSA) is 59.0 Å². The number of hydrogen-bond acceptors (Lipinski definition) is 3. The molecule has 1 aliphatic rings. The molecule has 0 saturated carbocycles. The van der Waals surface area contributed by atoms with Gasteiger partial charge in [0.05, 0.1) is 17.3 Å². The van der Waals surface area contributed by atoms with Gasteiger partial charge in [-0.25, -0.2) is 4.68 Å². The van der Waals surface area contributed by atoms with E-state index in [0.717, 1.165) is 43.6 Å². The smallest absolute Gasteiger partial charge is 0.257 e. The second kappa shape index (κ2) is 8.21. The minimum atomic E-state index is -0.180. The number of anilines is 1. The van der Waals surface area contributed by atoms with Crippen LogP contribution in [0.2, 0.25) is 0 Å². The Hall–Kier alpha value is -2.30. The number of amides is 1. The third kappa shape index (κ3) is 4.05. The lowest BCUT2D eigenvalue weighted by Gasteiger charge is -2.38. The molecular weight excluding hydrogens is 360 g/mol. The van der Waals surface area contributed by atoms with Crippen molar-refractivity contribution >= 4 is 11.7 Å². The van der Waals surface area contributed by atoms with E-state index in [4.69, 9.17) is 5.10 Å². The number of benzene rings is 1. The zero-order valence-corrected chi connectivity index (χ0v) is 18.8. The molecular formula is C24H36N4O. The van der Waals surface area contributed by atoms with Gasteiger partial charge in [0.1, 0.15) is 11.4 Å². The predicted octanol–water partition coefficient (Wildman–Crippen LogP) is 5.57. The maximum absolute atomic E-state index is 13.5. The van der Waals surface area contributed by atoms with E-state index < -0.39 is 0 Å². The van der Waals surface area contributed by atoms with Crippen molar-refractivity contribution in [3.05, 3.63) is 47.2 Å². The summed E-state index contributed by atoms with van der Waals surface area (Å²) in [7, 11) is 0. The standard InChI is InChI=1S/C24H36N4O/c1-7-15-24(8-2,9-3)26-22(29)20-17(4)27-28-21(20)25-19(16-23(28,5)6)18-13-11-10-12-14-18/h10-14,19,25H,7-9,15-16H2,1-6H3,(H,26,29)/t19-/m1/s1. The molecule has 1 aliphatic heterocycles. The first-order valence-corrected chi connectivity index (χ1v) is 11.0. The summed E-state index contributed by atoms with van der Waals surface area (Å²) in [6, 6.07) is 10.6. The van der Waals surface area contributed by atoms with Crippen LogP contribution in [0, 0.1) is 6.92 Å². The van der Waals surface area contributed by atoms with Gasteiger partial charge in [0, 0.05) is 5.54 Å². The van der Waals surface area contributed by atoms with Crippen LogP contribution in [-0.2, 0) is 5.54 Å². The first-order valence-electron chi connectivity index (χ1n) is 11.0. The maximum atomic E-state index is 13.5. The van der Waals surface area contributed by atoms with E-state index >= 15 is 0 Å². The number of fused-ring (bicyclic) bond motifs is 1. The van der Waals surface area contributed by atoms with Crippen molar-refractivity contribution in [2.24, 2.45) is 0 Å². The van der Waals surface area contributed by atoms with Gasteiger partial charge in [-0.05, 0) is 52.0 Å². The Morgan fingerprint density at radius 2 is 1.90 bits per heavy atom. The van der Waals surface area contributed by atoms with Crippen LogP contribution in [0.1, 0.15) is 94.4 Å². The third-order valence-electron chi connectivity index (χ3n) is 6.54. The van der Waals surface area contributed by atoms with Crippen molar-refractivity contribution in [1.29, 1.82) is 0 Å². The number of carbonyl (C=O) groups is 1. The van der Waals surface area contributed by atoms with Crippen molar-refractivity contribution < 1.29 is 4.79 Å². The van der Waals surface area contributed by atoms with Crippen LogP contribution < -0.4 is 10.6 Å². The van der Waals surface area contributed by atoms with E-state index in [-0.39, 0.29) is 23.0 Å². The highest BCUT2D eigenvalue weighted by molar-refractivity contribution is 6.00. The number of aryl methyl sites for hydroxylation is 1. The number of carbonyl (C=O) groups excluding carboxylic acids is 1. The Morgan fingerprint density at radius 1 is 1.24 bits per heavy atom. The van der Waals surface area contributed by atoms with Crippen molar-refractivity contribution in [2.45, 2.75) is 90.8 Å². The summed E-state index contributed by atoms with van der Waals surface area (Å²) >= 11 is 0. The molecule has 3 rings (SSSR count). The van der Waals surface area contributed by atoms with Gasteiger partial charge in [0.15, 0.2) is 0 Å². The molecule has 2 heterocycles. The van der Waals surface area contributed by atoms with Gasteiger partial charge in [-0.2, -0.15) is 5.10 Å². The van der Waals surface area contributed by atoms with Crippen molar-refractivity contribution in [2.75, 3.05) is 5.32 Å². The Kier molecular flexibility index (Phi) is 6.06. The van der Waals surface area contributed by atoms with Crippen LogP contribution in [-0.4, -0.2) is 21.2 Å². The molecule has 0 saturated heterocycles. The van der Waals surface area contributed by atoms with Crippen LogP contribution in [0.5, 0.6) is 0 Å². The summed E-state index contributed by atoms with van der Waals surface area (Å²) in [6.07, 6.45) is 4.80. The molecule has 29 heavy (non-hydrogen) atoms. The minimum absolute atomic E-state index is 0.0158. The Balaban J connectivity index is 1.99. The second-order valence-electron chi connectivity index (χ2n) is 9.04. The molecule has 0 bridgehead atoms. The molecule has 5 heteroatoms. The Bertz CT molecular complexity index is 849. The fourth-order valence-corrected chi connectivity index (χ4v) is 4.68. The first kappa shape index (κ1) is 21.4. The molecule has 0 unspecified atom stereocenters. The van der Waals surface area contributed by atoms with Gasteiger partial charge in [-0.3, -0.25) is 4.79 Å². The normalized spacial score (nSPS) is 18.1. The van der Waals surface area contributed by atoms with Gasteiger partial charge in [0.25, 0.3) is 5.91 Å². The number of nitrogens with zero attached hydrogens (tertiary/aromatic N) is 2. The highest BCUT2D eigenvalue weighted by atomic mass is 16.2. The molecule has 0 aliphatic carbocycles. The van der Waals surface area contributed by atoms with Crippen LogP contribution in [0.15, 0.2) is 30.3 Å². The number of hydrogen-bond donors (Lipinski definition) is 2. The number of nitrogens with one attached hydrogen (secondary N) is 2. The fourth-order valence-electron chi connectivity index (χ4n) is 4.68. The molecule has 0 radical (unpaired) electrons. The Morgan fingerprint density at radius 3 is 2.48 bits per heavy atom. The third-order valence-corrected chi connectivity index (χ3v) is 6.54. The predicted molar refractivity (Wildman–Crippen MR) is 119 cm³/mol. The quantitative estimate of drug-likeness (QED) is 0.643. The van der Waals surface area contributed by atoms with E-state index in [9.17, 15) is 4.79 Å². The van der Waals surface area contributed by atoms with Crippen molar-refractivity contribution in [3.8, 4) is 0 Å². The maximum Gasteiger partial charge on any atom is 0.257 e.